The highest BCUT2D eigenvalue weighted by molar-refractivity contribution is 7.86. The first-order valence-electron chi connectivity index (χ1n) is 9.55. The predicted octanol–water partition coefficient (Wildman–Crippen LogP) is 2.14. The number of fused-ring (bicyclic) bond motifs is 1. The van der Waals surface area contributed by atoms with E-state index >= 15 is 0 Å². The molecule has 1 unspecified atom stereocenters. The summed E-state index contributed by atoms with van der Waals surface area (Å²) in [7, 11) is -4.02. The molecular weight excluding hydrogens is 435 g/mol. The molecule has 162 valence electrons. The topological polar surface area (TPSA) is 84.9 Å². The van der Waals surface area contributed by atoms with Gasteiger partial charge in [-0.2, -0.15) is 12.8 Å². The van der Waals surface area contributed by atoms with Crippen molar-refractivity contribution in [3.8, 4) is 0 Å². The summed E-state index contributed by atoms with van der Waals surface area (Å²) in [5, 5.41) is -0.241. The van der Waals surface area contributed by atoms with Crippen LogP contribution in [0.4, 0.5) is 10.2 Å². The Morgan fingerprint density at radius 1 is 1.17 bits per heavy atom. The van der Waals surface area contributed by atoms with Crippen LogP contribution in [-0.2, 0) is 19.0 Å². The van der Waals surface area contributed by atoms with Gasteiger partial charge in [-0.1, -0.05) is 29.3 Å². The van der Waals surface area contributed by atoms with Gasteiger partial charge in [-0.05, 0) is 26.0 Å². The summed E-state index contributed by atoms with van der Waals surface area (Å²) in [5.74, 6) is -0.247. The highest BCUT2D eigenvalue weighted by Crippen LogP contribution is 2.29. The summed E-state index contributed by atoms with van der Waals surface area (Å²) in [6.45, 7) is 5.85. The first kappa shape index (κ1) is 21.4. The van der Waals surface area contributed by atoms with Gasteiger partial charge >= 0.3 is 0 Å². The number of ether oxygens (including phenoxy) is 1. The number of piperazine rings is 1. The number of anilines is 1. The van der Waals surface area contributed by atoms with Gasteiger partial charge < -0.3 is 9.64 Å². The molecule has 4 rings (SSSR count). The van der Waals surface area contributed by atoms with Crippen LogP contribution >= 0.6 is 11.6 Å². The third-order valence-corrected chi connectivity index (χ3v) is 6.79. The number of hydrogen-bond donors (Lipinski definition) is 0. The van der Waals surface area contributed by atoms with Crippen LogP contribution in [0.25, 0.3) is 0 Å². The molecule has 2 aliphatic heterocycles. The molecule has 11 heteroatoms. The molecule has 2 atom stereocenters. The molecule has 0 aliphatic carbocycles. The van der Waals surface area contributed by atoms with Gasteiger partial charge in [-0.15, -0.1) is 0 Å². The van der Waals surface area contributed by atoms with E-state index in [-0.39, 0.29) is 22.4 Å². The SMILES string of the molecule is Cc1ccc(S(=O)(=O)OC2OCCN3CCN(c4nc(C)nc(Cl)c4F)C[C@@H]23)cc1. The minimum absolute atomic E-state index is 0.0609. The molecule has 0 amide bonds. The van der Waals surface area contributed by atoms with E-state index < -0.39 is 28.3 Å². The number of nitrogens with zero attached hydrogens (tertiary/aromatic N) is 4. The lowest BCUT2D eigenvalue weighted by Crippen LogP contribution is -2.62. The van der Waals surface area contributed by atoms with Crippen LogP contribution in [0, 0.1) is 19.7 Å². The van der Waals surface area contributed by atoms with E-state index in [1.54, 1.807) is 24.0 Å². The fourth-order valence-corrected chi connectivity index (χ4v) is 4.89. The van der Waals surface area contributed by atoms with Crippen LogP contribution in [0.3, 0.4) is 0 Å². The van der Waals surface area contributed by atoms with E-state index in [1.807, 2.05) is 6.92 Å². The lowest BCUT2D eigenvalue weighted by atomic mass is 10.1. The predicted molar refractivity (Wildman–Crippen MR) is 109 cm³/mol. The van der Waals surface area contributed by atoms with Gasteiger partial charge in [0.1, 0.15) is 5.82 Å². The normalized spacial score (nSPS) is 22.7. The zero-order chi connectivity index (χ0) is 21.5. The highest BCUT2D eigenvalue weighted by Gasteiger charge is 2.41. The monoisotopic (exact) mass is 456 g/mol. The van der Waals surface area contributed by atoms with Crippen molar-refractivity contribution in [3.63, 3.8) is 0 Å². The van der Waals surface area contributed by atoms with Crippen molar-refractivity contribution in [1.29, 1.82) is 0 Å². The molecule has 30 heavy (non-hydrogen) atoms. The molecular formula is C19H22ClFN4O4S. The average Bonchev–Trinajstić information content (AvgIpc) is 2.71. The number of aromatic nitrogens is 2. The van der Waals surface area contributed by atoms with Crippen LogP contribution in [-0.4, -0.2) is 68.4 Å². The number of aryl methyl sites for hydroxylation is 2. The second-order valence-corrected chi connectivity index (χ2v) is 9.28. The zero-order valence-corrected chi connectivity index (χ0v) is 18.2. The Balaban J connectivity index is 1.57. The number of benzene rings is 1. The maximum Gasteiger partial charge on any atom is 0.299 e. The summed E-state index contributed by atoms with van der Waals surface area (Å²) in [5.41, 5.74) is 0.942. The Hall–Kier alpha value is -1.85. The van der Waals surface area contributed by atoms with E-state index in [9.17, 15) is 12.8 Å². The quantitative estimate of drug-likeness (QED) is 0.511. The Labute approximate surface area is 179 Å². The summed E-state index contributed by atoms with van der Waals surface area (Å²) in [6, 6.07) is 5.99. The van der Waals surface area contributed by atoms with Crippen LogP contribution in [0.2, 0.25) is 5.15 Å². The summed E-state index contributed by atoms with van der Waals surface area (Å²) in [6.07, 6.45) is -1.02. The van der Waals surface area contributed by atoms with Gasteiger partial charge in [-0.25, -0.2) is 14.2 Å². The van der Waals surface area contributed by atoms with Crippen LogP contribution in [0.1, 0.15) is 11.4 Å². The molecule has 0 N–H and O–H groups in total. The number of rotatable bonds is 4. The lowest BCUT2D eigenvalue weighted by molar-refractivity contribution is -0.163. The smallest absolute Gasteiger partial charge is 0.299 e. The fraction of sp³-hybridized carbons (Fsp3) is 0.474. The fourth-order valence-electron chi connectivity index (χ4n) is 3.67. The van der Waals surface area contributed by atoms with Crippen LogP contribution in [0.5, 0.6) is 0 Å². The molecule has 8 nitrogen and oxygen atoms in total. The Morgan fingerprint density at radius 3 is 2.63 bits per heavy atom. The summed E-state index contributed by atoms with van der Waals surface area (Å²) < 4.78 is 51.2. The Morgan fingerprint density at radius 2 is 1.90 bits per heavy atom. The van der Waals surface area contributed by atoms with E-state index in [1.165, 1.54) is 12.1 Å². The van der Waals surface area contributed by atoms with Gasteiger partial charge in [0, 0.05) is 26.2 Å². The van der Waals surface area contributed by atoms with Gasteiger partial charge in [0.25, 0.3) is 10.1 Å². The Kier molecular flexibility index (Phi) is 5.95. The molecule has 1 aromatic carbocycles. The summed E-state index contributed by atoms with van der Waals surface area (Å²) in [4.78, 5) is 11.9. The van der Waals surface area contributed by atoms with Gasteiger partial charge in [-0.3, -0.25) is 4.90 Å². The van der Waals surface area contributed by atoms with Gasteiger partial charge in [0.05, 0.1) is 17.5 Å². The van der Waals surface area contributed by atoms with E-state index in [4.69, 9.17) is 20.5 Å². The van der Waals surface area contributed by atoms with Crippen molar-refractivity contribution in [3.05, 3.63) is 46.6 Å². The van der Waals surface area contributed by atoms with Crippen molar-refractivity contribution in [1.82, 2.24) is 14.9 Å². The number of morpholine rings is 1. The third-order valence-electron chi connectivity index (χ3n) is 5.24. The molecule has 2 aromatic rings. The first-order valence-corrected chi connectivity index (χ1v) is 11.3. The van der Waals surface area contributed by atoms with Gasteiger partial charge in [0.2, 0.25) is 5.82 Å². The molecule has 1 aromatic heterocycles. The second-order valence-electron chi connectivity index (χ2n) is 7.35. The molecule has 2 aliphatic rings. The number of hydrogen-bond acceptors (Lipinski definition) is 8. The van der Waals surface area contributed by atoms with E-state index in [2.05, 4.69) is 14.9 Å². The van der Waals surface area contributed by atoms with Crippen molar-refractivity contribution in [2.24, 2.45) is 0 Å². The standard InChI is InChI=1S/C19H22ClFN4O4S/c1-12-3-5-14(6-4-12)30(26,27)29-19-15-11-25(8-7-24(15)9-10-28-19)18-16(21)17(20)22-13(2)23-18/h3-6,15,19H,7-11H2,1-2H3/t15-,19?/m0/s1. The van der Waals surface area contributed by atoms with Crippen molar-refractivity contribution in [2.45, 2.75) is 31.1 Å². The molecule has 2 saturated heterocycles. The van der Waals surface area contributed by atoms with Crippen molar-refractivity contribution >= 4 is 27.5 Å². The zero-order valence-electron chi connectivity index (χ0n) is 16.6. The molecule has 2 fully saturated rings. The van der Waals surface area contributed by atoms with Crippen LogP contribution in [0.15, 0.2) is 29.2 Å². The van der Waals surface area contributed by atoms with Crippen molar-refractivity contribution in [2.75, 3.05) is 37.7 Å². The largest absolute Gasteiger partial charge is 0.351 e. The second kappa shape index (κ2) is 8.35. The van der Waals surface area contributed by atoms with E-state index in [0.29, 0.717) is 32.1 Å². The number of halogens is 2. The molecule has 0 radical (unpaired) electrons. The minimum Gasteiger partial charge on any atom is -0.351 e. The maximum absolute atomic E-state index is 14.5. The minimum atomic E-state index is -4.02. The lowest BCUT2D eigenvalue weighted by Gasteiger charge is -2.46. The Bertz CT molecular complexity index is 1040. The summed E-state index contributed by atoms with van der Waals surface area (Å²) >= 11 is 5.88. The van der Waals surface area contributed by atoms with Gasteiger partial charge in [0.15, 0.2) is 17.3 Å². The van der Waals surface area contributed by atoms with E-state index in [0.717, 1.165) is 5.56 Å². The highest BCUT2D eigenvalue weighted by atomic mass is 35.5. The first-order chi connectivity index (χ1) is 14.2. The molecule has 0 saturated carbocycles. The van der Waals surface area contributed by atoms with Crippen molar-refractivity contribution < 1.29 is 21.7 Å². The third kappa shape index (κ3) is 4.28. The maximum atomic E-state index is 14.5. The van der Waals surface area contributed by atoms with Crippen LogP contribution < -0.4 is 4.90 Å². The average molecular weight is 457 g/mol. The molecule has 0 bridgehead atoms. The molecule has 0 spiro atoms. The molecule has 3 heterocycles.